The van der Waals surface area contributed by atoms with Crippen LogP contribution < -0.4 is 0 Å². The first-order chi connectivity index (χ1) is 10.8. The van der Waals surface area contributed by atoms with Crippen LogP contribution >= 0.6 is 0 Å². The fraction of sp³-hybridized carbons (Fsp3) is 0.455. The maximum absolute atomic E-state index is 4.40. The molecule has 0 radical (unpaired) electrons. The van der Waals surface area contributed by atoms with Crippen molar-refractivity contribution in [2.45, 2.75) is 47.5 Å². The quantitative estimate of drug-likeness (QED) is 0.634. The third-order valence-corrected chi connectivity index (χ3v) is 5.18. The minimum atomic E-state index is 0.616. The first-order valence-corrected chi connectivity index (χ1v) is 8.65. The Morgan fingerprint density at radius 2 is 1.74 bits per heavy atom. The van der Waals surface area contributed by atoms with Gasteiger partial charge in [-0.15, -0.1) is 0 Å². The van der Waals surface area contributed by atoms with E-state index < -0.39 is 0 Å². The van der Waals surface area contributed by atoms with Crippen LogP contribution in [0.1, 0.15) is 48.9 Å². The molecule has 0 aromatic heterocycles. The molecular weight excluding hydrogens is 278 g/mol. The minimum absolute atomic E-state index is 0.616. The number of aryl methyl sites for hydroxylation is 2. The highest BCUT2D eigenvalue weighted by Crippen LogP contribution is 2.30. The summed E-state index contributed by atoms with van der Waals surface area (Å²) in [5.41, 5.74) is 9.13. The molecule has 1 aromatic rings. The molecule has 23 heavy (non-hydrogen) atoms. The third kappa shape index (κ3) is 4.16. The lowest BCUT2D eigenvalue weighted by Crippen LogP contribution is -2.34. The molecule has 0 N–H and O–H groups in total. The number of benzene rings is 1. The zero-order valence-corrected chi connectivity index (χ0v) is 15.5. The average molecular weight is 309 g/mol. The lowest BCUT2D eigenvalue weighted by Gasteiger charge is -2.36. The summed E-state index contributed by atoms with van der Waals surface area (Å²) < 4.78 is 0. The number of rotatable bonds is 4. The van der Waals surface area contributed by atoms with E-state index in [-0.39, 0.29) is 0 Å². The summed E-state index contributed by atoms with van der Waals surface area (Å²) >= 11 is 0. The first kappa shape index (κ1) is 17.6. The lowest BCUT2D eigenvalue weighted by molar-refractivity contribution is 0.271. The van der Waals surface area contributed by atoms with E-state index >= 15 is 0 Å². The second-order valence-corrected chi connectivity index (χ2v) is 7.20. The van der Waals surface area contributed by atoms with Crippen LogP contribution in [-0.4, -0.2) is 18.0 Å². The van der Waals surface area contributed by atoms with Gasteiger partial charge in [-0.05, 0) is 87.8 Å². The third-order valence-electron chi connectivity index (χ3n) is 5.18. The standard InChI is InChI=1S/C22H31N/c1-15(2)11-18(5)21-9-8-10-23(14-21)20(7)22-12-16(3)19(6)17(4)13-22/h11-13,21H,1,7-10,14H2,2-6H3/b18-11+. The molecule has 124 valence electrons. The van der Waals surface area contributed by atoms with Gasteiger partial charge >= 0.3 is 0 Å². The highest BCUT2D eigenvalue weighted by atomic mass is 15.1. The Balaban J connectivity index is 2.18. The van der Waals surface area contributed by atoms with Gasteiger partial charge in [0, 0.05) is 18.8 Å². The van der Waals surface area contributed by atoms with E-state index in [1.165, 1.54) is 46.4 Å². The molecule has 1 saturated heterocycles. The van der Waals surface area contributed by atoms with Crippen LogP contribution in [0, 0.1) is 26.7 Å². The maximum Gasteiger partial charge on any atom is 0.0367 e. The van der Waals surface area contributed by atoms with E-state index in [4.69, 9.17) is 0 Å². The van der Waals surface area contributed by atoms with Crippen LogP contribution in [0.15, 0.2) is 42.5 Å². The lowest BCUT2D eigenvalue weighted by atomic mass is 9.89. The summed E-state index contributed by atoms with van der Waals surface area (Å²) in [6.07, 6.45) is 4.73. The van der Waals surface area contributed by atoms with Crippen molar-refractivity contribution in [1.29, 1.82) is 0 Å². The van der Waals surface area contributed by atoms with E-state index in [0.29, 0.717) is 5.92 Å². The van der Waals surface area contributed by atoms with Crippen molar-refractivity contribution in [3.63, 3.8) is 0 Å². The molecule has 0 bridgehead atoms. The molecule has 2 rings (SSSR count). The average Bonchev–Trinajstić information content (AvgIpc) is 2.51. The van der Waals surface area contributed by atoms with Gasteiger partial charge in [0.2, 0.25) is 0 Å². The molecular formula is C22H31N. The van der Waals surface area contributed by atoms with Crippen LogP contribution in [0.4, 0.5) is 0 Å². The molecule has 1 atom stereocenters. The topological polar surface area (TPSA) is 3.24 Å². The van der Waals surface area contributed by atoms with Gasteiger partial charge < -0.3 is 4.90 Å². The zero-order valence-electron chi connectivity index (χ0n) is 15.5. The SMILES string of the molecule is C=C(C)/C=C(\C)C1CCCN(C(=C)c2cc(C)c(C)c(C)c2)C1. The fourth-order valence-corrected chi connectivity index (χ4v) is 3.49. The summed E-state index contributed by atoms with van der Waals surface area (Å²) in [5.74, 6) is 0.616. The van der Waals surface area contributed by atoms with Crippen LogP contribution in [0.5, 0.6) is 0 Å². The monoisotopic (exact) mass is 309 g/mol. The molecule has 0 saturated carbocycles. The smallest absolute Gasteiger partial charge is 0.0367 e. The number of hydrogen-bond donors (Lipinski definition) is 0. The van der Waals surface area contributed by atoms with Crippen molar-refractivity contribution >= 4 is 5.70 Å². The molecule has 0 amide bonds. The van der Waals surface area contributed by atoms with Gasteiger partial charge in [-0.3, -0.25) is 0 Å². The predicted octanol–water partition coefficient (Wildman–Crippen LogP) is 5.82. The molecule has 1 fully saturated rings. The van der Waals surface area contributed by atoms with Gasteiger partial charge in [0.05, 0.1) is 0 Å². The Hall–Kier alpha value is -1.76. The largest absolute Gasteiger partial charge is 0.371 e. The van der Waals surface area contributed by atoms with E-state index in [9.17, 15) is 0 Å². The van der Waals surface area contributed by atoms with E-state index in [0.717, 1.165) is 18.7 Å². The molecule has 1 aromatic carbocycles. The Kier molecular flexibility index (Phi) is 5.51. The Morgan fingerprint density at radius 1 is 1.13 bits per heavy atom. The van der Waals surface area contributed by atoms with Crippen LogP contribution in [-0.2, 0) is 0 Å². The number of piperidine rings is 1. The summed E-state index contributed by atoms with van der Waals surface area (Å²) in [4.78, 5) is 2.47. The van der Waals surface area contributed by atoms with Crippen molar-refractivity contribution in [3.05, 3.63) is 64.8 Å². The normalized spacial score (nSPS) is 18.9. The number of hydrogen-bond acceptors (Lipinski definition) is 1. The number of likely N-dealkylation sites (tertiary alicyclic amines) is 1. The van der Waals surface area contributed by atoms with Crippen LogP contribution in [0.3, 0.4) is 0 Å². The highest BCUT2D eigenvalue weighted by Gasteiger charge is 2.22. The first-order valence-electron chi connectivity index (χ1n) is 8.65. The minimum Gasteiger partial charge on any atom is -0.371 e. The zero-order chi connectivity index (χ0) is 17.1. The maximum atomic E-state index is 4.40. The van der Waals surface area contributed by atoms with Crippen molar-refractivity contribution in [1.82, 2.24) is 4.90 Å². The molecule has 1 heterocycles. The summed E-state index contributed by atoms with van der Waals surface area (Å²) in [7, 11) is 0. The van der Waals surface area contributed by atoms with Crippen molar-refractivity contribution in [2.24, 2.45) is 5.92 Å². The molecule has 1 unspecified atom stereocenters. The van der Waals surface area contributed by atoms with Crippen molar-refractivity contribution < 1.29 is 0 Å². The Labute approximate surface area is 142 Å². The Bertz CT molecular complexity index is 625. The van der Waals surface area contributed by atoms with E-state index in [1.54, 1.807) is 0 Å². The number of nitrogens with zero attached hydrogens (tertiary/aromatic N) is 1. The summed E-state index contributed by atoms with van der Waals surface area (Å²) in [6.45, 7) is 21.5. The second kappa shape index (κ2) is 7.21. The Morgan fingerprint density at radius 3 is 2.30 bits per heavy atom. The fourth-order valence-electron chi connectivity index (χ4n) is 3.49. The van der Waals surface area contributed by atoms with Gasteiger partial charge in [-0.2, -0.15) is 0 Å². The van der Waals surface area contributed by atoms with Gasteiger partial charge in [-0.1, -0.05) is 30.4 Å². The second-order valence-electron chi connectivity index (χ2n) is 7.20. The summed E-state index contributed by atoms with van der Waals surface area (Å²) in [6, 6.07) is 4.57. The molecule has 1 aliphatic rings. The van der Waals surface area contributed by atoms with Crippen LogP contribution in [0.25, 0.3) is 5.70 Å². The van der Waals surface area contributed by atoms with Gasteiger partial charge in [-0.25, -0.2) is 0 Å². The van der Waals surface area contributed by atoms with Crippen molar-refractivity contribution in [3.8, 4) is 0 Å². The number of allylic oxidation sites excluding steroid dienone is 2. The predicted molar refractivity (Wildman–Crippen MR) is 103 cm³/mol. The van der Waals surface area contributed by atoms with E-state index in [2.05, 4.69) is 70.9 Å². The molecule has 1 aliphatic heterocycles. The molecule has 0 aliphatic carbocycles. The van der Waals surface area contributed by atoms with Crippen LogP contribution in [0.2, 0.25) is 0 Å². The van der Waals surface area contributed by atoms with E-state index in [1.807, 2.05) is 0 Å². The van der Waals surface area contributed by atoms with Gasteiger partial charge in [0.1, 0.15) is 0 Å². The van der Waals surface area contributed by atoms with Gasteiger partial charge in [0.15, 0.2) is 0 Å². The molecule has 1 nitrogen and oxygen atoms in total. The van der Waals surface area contributed by atoms with Crippen molar-refractivity contribution in [2.75, 3.05) is 13.1 Å². The molecule has 0 spiro atoms. The summed E-state index contributed by atoms with van der Waals surface area (Å²) in [5, 5.41) is 0. The molecule has 1 heteroatoms. The van der Waals surface area contributed by atoms with Gasteiger partial charge in [0.25, 0.3) is 0 Å². The highest BCUT2D eigenvalue weighted by molar-refractivity contribution is 5.64.